The predicted molar refractivity (Wildman–Crippen MR) is 113 cm³/mol. The van der Waals surface area contributed by atoms with Gasteiger partial charge in [-0.3, -0.25) is 4.79 Å². The van der Waals surface area contributed by atoms with E-state index >= 15 is 0 Å². The number of carbonyl (C=O) groups excluding carboxylic acids is 1. The Morgan fingerprint density at radius 1 is 1.07 bits per heavy atom. The van der Waals surface area contributed by atoms with Gasteiger partial charge in [-0.1, -0.05) is 30.3 Å². The van der Waals surface area contributed by atoms with Crippen molar-refractivity contribution in [1.82, 2.24) is 10.2 Å². The van der Waals surface area contributed by atoms with E-state index in [1.54, 1.807) is 32.4 Å². The largest absolute Gasteiger partial charge is 0.497 e. The summed E-state index contributed by atoms with van der Waals surface area (Å²) in [6.45, 7) is 2.78. The standard InChI is InChI=1S/C22H31N3O3/c1-16(23-15-20(25(2)3)17-9-7-6-8-10-17)13-22(26)24-19-12-11-18(27-4)14-21(19)28-5/h6-12,14,16,20,23H,13,15H2,1-5H3,(H,24,26). The molecule has 0 saturated heterocycles. The van der Waals surface area contributed by atoms with Crippen LogP contribution in [0.15, 0.2) is 48.5 Å². The highest BCUT2D eigenvalue weighted by atomic mass is 16.5. The Bertz CT molecular complexity index is 750. The van der Waals surface area contributed by atoms with Gasteiger partial charge in [-0.2, -0.15) is 0 Å². The fraction of sp³-hybridized carbons (Fsp3) is 0.409. The first kappa shape index (κ1) is 21.7. The minimum absolute atomic E-state index is 0.0374. The number of ether oxygens (including phenoxy) is 2. The Morgan fingerprint density at radius 3 is 2.39 bits per heavy atom. The van der Waals surface area contributed by atoms with Crippen LogP contribution in [0.25, 0.3) is 0 Å². The predicted octanol–water partition coefficient (Wildman–Crippen LogP) is 3.31. The van der Waals surface area contributed by atoms with Crippen molar-refractivity contribution in [2.45, 2.75) is 25.4 Å². The Labute approximate surface area is 167 Å². The summed E-state index contributed by atoms with van der Waals surface area (Å²) in [5.41, 5.74) is 1.88. The van der Waals surface area contributed by atoms with Crippen molar-refractivity contribution >= 4 is 11.6 Å². The summed E-state index contributed by atoms with van der Waals surface area (Å²) in [6, 6.07) is 16.0. The molecule has 6 nitrogen and oxygen atoms in total. The van der Waals surface area contributed by atoms with Crippen LogP contribution in [0.3, 0.4) is 0 Å². The van der Waals surface area contributed by atoms with Crippen LogP contribution in [0.5, 0.6) is 11.5 Å². The van der Waals surface area contributed by atoms with Gasteiger partial charge in [-0.05, 0) is 38.7 Å². The molecule has 1 amide bonds. The van der Waals surface area contributed by atoms with Gasteiger partial charge in [0.15, 0.2) is 0 Å². The number of likely N-dealkylation sites (N-methyl/N-ethyl adjacent to an activating group) is 1. The minimum Gasteiger partial charge on any atom is -0.497 e. The van der Waals surface area contributed by atoms with Gasteiger partial charge >= 0.3 is 0 Å². The second kappa shape index (κ2) is 10.7. The quantitative estimate of drug-likeness (QED) is 0.657. The maximum absolute atomic E-state index is 12.4. The van der Waals surface area contributed by atoms with E-state index in [1.165, 1.54) is 5.56 Å². The summed E-state index contributed by atoms with van der Waals surface area (Å²) < 4.78 is 10.5. The number of benzene rings is 2. The van der Waals surface area contributed by atoms with Crippen molar-refractivity contribution in [3.8, 4) is 11.5 Å². The summed E-state index contributed by atoms with van der Waals surface area (Å²) >= 11 is 0. The monoisotopic (exact) mass is 385 g/mol. The van der Waals surface area contributed by atoms with Crippen LogP contribution in [-0.2, 0) is 4.79 Å². The molecule has 0 saturated carbocycles. The average Bonchev–Trinajstić information content (AvgIpc) is 2.68. The smallest absolute Gasteiger partial charge is 0.226 e. The van der Waals surface area contributed by atoms with Crippen molar-refractivity contribution in [2.75, 3.05) is 40.2 Å². The third-order valence-corrected chi connectivity index (χ3v) is 4.64. The Hall–Kier alpha value is -2.57. The third-order valence-electron chi connectivity index (χ3n) is 4.64. The molecule has 0 heterocycles. The van der Waals surface area contributed by atoms with Crippen LogP contribution in [0.1, 0.15) is 24.9 Å². The molecule has 2 N–H and O–H groups in total. The zero-order chi connectivity index (χ0) is 20.5. The van der Waals surface area contributed by atoms with Crippen LogP contribution in [0.4, 0.5) is 5.69 Å². The molecule has 0 aromatic heterocycles. The molecule has 2 aromatic carbocycles. The molecule has 0 spiro atoms. The number of anilines is 1. The van der Waals surface area contributed by atoms with Gasteiger partial charge in [0.2, 0.25) is 5.91 Å². The summed E-state index contributed by atoms with van der Waals surface area (Å²) in [7, 11) is 7.29. The van der Waals surface area contributed by atoms with Gasteiger partial charge in [-0.25, -0.2) is 0 Å². The van der Waals surface area contributed by atoms with Gasteiger partial charge in [0.05, 0.1) is 19.9 Å². The third kappa shape index (κ3) is 6.25. The highest BCUT2D eigenvalue weighted by Gasteiger charge is 2.17. The lowest BCUT2D eigenvalue weighted by atomic mass is 10.1. The maximum Gasteiger partial charge on any atom is 0.226 e. The topological polar surface area (TPSA) is 62.8 Å². The lowest BCUT2D eigenvalue weighted by Crippen LogP contribution is -2.37. The average molecular weight is 386 g/mol. The summed E-state index contributed by atoms with van der Waals surface area (Å²) in [5.74, 6) is 1.19. The molecule has 2 unspecified atom stereocenters. The zero-order valence-corrected chi connectivity index (χ0v) is 17.4. The molecular formula is C22H31N3O3. The molecule has 2 aromatic rings. The van der Waals surface area contributed by atoms with Crippen LogP contribution in [-0.4, -0.2) is 51.7 Å². The van der Waals surface area contributed by atoms with Crippen molar-refractivity contribution in [1.29, 1.82) is 0 Å². The molecule has 6 heteroatoms. The molecule has 0 radical (unpaired) electrons. The van der Waals surface area contributed by atoms with Crippen LogP contribution in [0, 0.1) is 0 Å². The summed E-state index contributed by atoms with van der Waals surface area (Å²) in [5, 5.41) is 6.39. The Morgan fingerprint density at radius 2 is 1.79 bits per heavy atom. The molecule has 0 bridgehead atoms. The first-order valence-corrected chi connectivity index (χ1v) is 9.41. The van der Waals surface area contributed by atoms with Crippen molar-refractivity contribution in [2.24, 2.45) is 0 Å². The molecule has 2 rings (SSSR count). The van der Waals surface area contributed by atoms with Gasteiger partial charge < -0.3 is 25.0 Å². The molecule has 0 aliphatic rings. The molecular weight excluding hydrogens is 354 g/mol. The van der Waals surface area contributed by atoms with Crippen LogP contribution < -0.4 is 20.1 Å². The number of rotatable bonds is 10. The van der Waals surface area contributed by atoms with Crippen LogP contribution >= 0.6 is 0 Å². The van der Waals surface area contributed by atoms with E-state index in [-0.39, 0.29) is 18.0 Å². The van der Waals surface area contributed by atoms with E-state index in [0.717, 1.165) is 6.54 Å². The fourth-order valence-corrected chi connectivity index (χ4v) is 3.04. The number of amides is 1. The highest BCUT2D eigenvalue weighted by molar-refractivity contribution is 5.92. The maximum atomic E-state index is 12.4. The normalized spacial score (nSPS) is 13.1. The van der Waals surface area contributed by atoms with Gasteiger partial charge in [0.1, 0.15) is 11.5 Å². The van der Waals surface area contributed by atoms with Crippen molar-refractivity contribution < 1.29 is 14.3 Å². The Balaban J connectivity index is 1.90. The first-order chi connectivity index (χ1) is 13.4. The van der Waals surface area contributed by atoms with E-state index < -0.39 is 0 Å². The van der Waals surface area contributed by atoms with E-state index in [1.807, 2.05) is 25.1 Å². The lowest BCUT2D eigenvalue weighted by molar-refractivity contribution is -0.116. The number of carbonyl (C=O) groups is 1. The van der Waals surface area contributed by atoms with Gasteiger partial charge in [0, 0.05) is 31.1 Å². The van der Waals surface area contributed by atoms with Crippen LogP contribution in [0.2, 0.25) is 0 Å². The summed E-state index contributed by atoms with van der Waals surface area (Å²) in [6.07, 6.45) is 0.365. The zero-order valence-electron chi connectivity index (χ0n) is 17.4. The number of hydrogen-bond acceptors (Lipinski definition) is 5. The molecule has 152 valence electrons. The first-order valence-electron chi connectivity index (χ1n) is 9.41. The molecule has 0 aliphatic heterocycles. The minimum atomic E-state index is -0.0652. The molecule has 0 aliphatic carbocycles. The second-order valence-electron chi connectivity index (χ2n) is 7.02. The van der Waals surface area contributed by atoms with E-state index in [0.29, 0.717) is 23.6 Å². The number of methoxy groups -OCH3 is 2. The molecule has 28 heavy (non-hydrogen) atoms. The lowest BCUT2D eigenvalue weighted by Gasteiger charge is -2.27. The molecule has 2 atom stereocenters. The van der Waals surface area contributed by atoms with Crippen molar-refractivity contribution in [3.05, 3.63) is 54.1 Å². The van der Waals surface area contributed by atoms with E-state index in [9.17, 15) is 4.79 Å². The second-order valence-corrected chi connectivity index (χ2v) is 7.02. The number of nitrogens with one attached hydrogen (secondary N) is 2. The van der Waals surface area contributed by atoms with Gasteiger partial charge in [0.25, 0.3) is 0 Å². The van der Waals surface area contributed by atoms with E-state index in [4.69, 9.17) is 9.47 Å². The fourth-order valence-electron chi connectivity index (χ4n) is 3.04. The van der Waals surface area contributed by atoms with Crippen molar-refractivity contribution in [3.63, 3.8) is 0 Å². The Kier molecular flexibility index (Phi) is 8.29. The van der Waals surface area contributed by atoms with Gasteiger partial charge in [-0.15, -0.1) is 0 Å². The number of hydrogen-bond donors (Lipinski definition) is 2. The molecule has 0 fully saturated rings. The number of nitrogens with zero attached hydrogens (tertiary/aromatic N) is 1. The van der Waals surface area contributed by atoms with E-state index in [2.05, 4.69) is 41.8 Å². The highest BCUT2D eigenvalue weighted by Crippen LogP contribution is 2.29. The SMILES string of the molecule is COc1ccc(NC(=O)CC(C)NCC(c2ccccc2)N(C)C)c(OC)c1. The summed E-state index contributed by atoms with van der Waals surface area (Å²) in [4.78, 5) is 14.6.